The Morgan fingerprint density at radius 1 is 0.774 bits per heavy atom. The molecular formula is C20H18F2N2O5S2. The number of phenols is 1. The van der Waals surface area contributed by atoms with Crippen LogP contribution in [-0.4, -0.2) is 21.9 Å². The quantitative estimate of drug-likeness (QED) is 0.595. The first kappa shape index (κ1) is 22.7. The Morgan fingerprint density at radius 2 is 1.19 bits per heavy atom. The highest BCUT2D eigenvalue weighted by molar-refractivity contribution is 7.93. The number of rotatable bonds is 5. The number of hydrogen-bond acceptors (Lipinski definition) is 5. The summed E-state index contributed by atoms with van der Waals surface area (Å²) in [7, 11) is -9.22. The summed E-state index contributed by atoms with van der Waals surface area (Å²) in [4.78, 5) is -1.60. The first-order chi connectivity index (χ1) is 14.4. The fourth-order valence-electron chi connectivity index (χ4n) is 3.06. The van der Waals surface area contributed by atoms with Crippen LogP contribution in [0.4, 0.5) is 20.2 Å². The van der Waals surface area contributed by atoms with E-state index in [9.17, 15) is 30.7 Å². The first-order valence-electron chi connectivity index (χ1n) is 8.77. The molecule has 0 saturated heterocycles. The van der Waals surface area contributed by atoms with Crippen LogP contribution in [0.25, 0.3) is 0 Å². The highest BCUT2D eigenvalue weighted by Crippen LogP contribution is 2.40. The summed E-state index contributed by atoms with van der Waals surface area (Å²) >= 11 is 0. The Balaban J connectivity index is 2.41. The van der Waals surface area contributed by atoms with Crippen molar-refractivity contribution < 1.29 is 30.7 Å². The van der Waals surface area contributed by atoms with Crippen LogP contribution in [0.2, 0.25) is 0 Å². The highest BCUT2D eigenvalue weighted by Gasteiger charge is 2.34. The van der Waals surface area contributed by atoms with Crippen molar-refractivity contribution in [3.05, 3.63) is 77.4 Å². The van der Waals surface area contributed by atoms with Gasteiger partial charge in [-0.3, -0.25) is 0 Å². The molecule has 3 aromatic rings. The minimum Gasteiger partial charge on any atom is -0.505 e. The summed E-state index contributed by atoms with van der Waals surface area (Å²) in [5, 5.41) is 15.5. The third-order valence-corrected chi connectivity index (χ3v) is 7.40. The van der Waals surface area contributed by atoms with Crippen molar-refractivity contribution in [3.8, 4) is 5.75 Å². The maximum absolute atomic E-state index is 14.3. The fraction of sp³-hybridized carbons (Fsp3) is 0.100. The van der Waals surface area contributed by atoms with Crippen molar-refractivity contribution >= 4 is 31.4 Å². The van der Waals surface area contributed by atoms with E-state index in [4.69, 9.17) is 5.14 Å². The molecule has 0 radical (unpaired) electrons. The van der Waals surface area contributed by atoms with Gasteiger partial charge in [0.1, 0.15) is 21.4 Å². The molecule has 0 aliphatic carbocycles. The Bertz CT molecular complexity index is 1340. The van der Waals surface area contributed by atoms with E-state index in [1.54, 1.807) is 0 Å². The monoisotopic (exact) mass is 468 g/mol. The number of halogens is 2. The molecule has 0 atom stereocenters. The molecule has 0 aliphatic heterocycles. The minimum atomic E-state index is -4.77. The van der Waals surface area contributed by atoms with Crippen LogP contribution in [-0.2, 0) is 20.0 Å². The molecule has 0 amide bonds. The van der Waals surface area contributed by atoms with Crippen LogP contribution in [0.1, 0.15) is 11.1 Å². The summed E-state index contributed by atoms with van der Waals surface area (Å²) in [5.41, 5.74) is -0.406. The summed E-state index contributed by atoms with van der Waals surface area (Å²) in [5.74, 6) is -2.53. The molecule has 11 heteroatoms. The lowest BCUT2D eigenvalue weighted by Gasteiger charge is -2.28. The van der Waals surface area contributed by atoms with Crippen LogP contribution in [0.15, 0.2) is 64.4 Å². The molecule has 3 aromatic carbocycles. The number of aromatic hydroxyl groups is 1. The number of phenolic OH excluding ortho intramolecular Hbond substituents is 1. The molecule has 0 saturated carbocycles. The maximum Gasteiger partial charge on any atom is 0.272 e. The van der Waals surface area contributed by atoms with Gasteiger partial charge in [0.05, 0.1) is 11.4 Å². The van der Waals surface area contributed by atoms with Crippen LogP contribution in [0.3, 0.4) is 0 Å². The van der Waals surface area contributed by atoms with Crippen LogP contribution in [0, 0.1) is 25.5 Å². The zero-order valence-electron chi connectivity index (χ0n) is 16.4. The first-order valence-corrected chi connectivity index (χ1v) is 11.8. The molecular weight excluding hydrogens is 450 g/mol. The van der Waals surface area contributed by atoms with Crippen molar-refractivity contribution in [1.29, 1.82) is 0 Å². The van der Waals surface area contributed by atoms with Gasteiger partial charge in [-0.2, -0.15) is 0 Å². The molecule has 0 heterocycles. The van der Waals surface area contributed by atoms with E-state index in [0.29, 0.717) is 4.31 Å². The van der Waals surface area contributed by atoms with E-state index in [2.05, 4.69) is 0 Å². The third kappa shape index (κ3) is 3.99. The number of para-hydroxylation sites is 1. The molecule has 0 fully saturated rings. The molecule has 3 rings (SSSR count). The van der Waals surface area contributed by atoms with Crippen molar-refractivity contribution in [2.75, 3.05) is 4.31 Å². The second-order valence-electron chi connectivity index (χ2n) is 6.69. The van der Waals surface area contributed by atoms with Gasteiger partial charge in [0.25, 0.3) is 10.0 Å². The molecule has 31 heavy (non-hydrogen) atoms. The number of primary sulfonamides is 1. The van der Waals surface area contributed by atoms with Crippen molar-refractivity contribution in [3.63, 3.8) is 0 Å². The molecule has 0 aliphatic rings. The summed E-state index contributed by atoms with van der Waals surface area (Å²) in [6.45, 7) is 2.67. The van der Waals surface area contributed by atoms with Crippen LogP contribution >= 0.6 is 0 Å². The van der Waals surface area contributed by atoms with Crippen molar-refractivity contribution in [2.45, 2.75) is 23.6 Å². The molecule has 7 nitrogen and oxygen atoms in total. The third-order valence-electron chi connectivity index (χ3n) is 4.70. The van der Waals surface area contributed by atoms with Gasteiger partial charge in [-0.05, 0) is 50.2 Å². The zero-order valence-corrected chi connectivity index (χ0v) is 18.0. The maximum atomic E-state index is 14.3. The smallest absolute Gasteiger partial charge is 0.272 e. The van der Waals surface area contributed by atoms with Gasteiger partial charge >= 0.3 is 0 Å². The highest BCUT2D eigenvalue weighted by atomic mass is 32.2. The largest absolute Gasteiger partial charge is 0.505 e. The van der Waals surface area contributed by atoms with Gasteiger partial charge < -0.3 is 5.11 Å². The van der Waals surface area contributed by atoms with E-state index >= 15 is 0 Å². The Morgan fingerprint density at radius 3 is 1.65 bits per heavy atom. The predicted octanol–water partition coefficient (Wildman–Crippen LogP) is 3.46. The van der Waals surface area contributed by atoms with E-state index in [1.165, 1.54) is 38.1 Å². The van der Waals surface area contributed by atoms with Crippen molar-refractivity contribution in [1.82, 2.24) is 0 Å². The molecule has 0 unspecified atom stereocenters. The van der Waals surface area contributed by atoms with Crippen LogP contribution in [0.5, 0.6) is 5.75 Å². The Hall–Kier alpha value is -3.02. The molecule has 3 N–H and O–H groups in total. The van der Waals surface area contributed by atoms with Crippen molar-refractivity contribution in [2.24, 2.45) is 5.14 Å². The topological polar surface area (TPSA) is 118 Å². The van der Waals surface area contributed by atoms with E-state index in [0.717, 1.165) is 30.3 Å². The molecule has 0 bridgehead atoms. The van der Waals surface area contributed by atoms with Gasteiger partial charge in [0.15, 0.2) is 5.75 Å². The second kappa shape index (κ2) is 7.91. The Labute approximate surface area is 178 Å². The van der Waals surface area contributed by atoms with Gasteiger partial charge in [-0.1, -0.05) is 18.2 Å². The van der Waals surface area contributed by atoms with Gasteiger partial charge in [0, 0.05) is 11.1 Å². The number of anilines is 2. The average molecular weight is 469 g/mol. The number of sulfonamides is 2. The van der Waals surface area contributed by atoms with E-state index < -0.39 is 47.2 Å². The summed E-state index contributed by atoms with van der Waals surface area (Å²) < 4.78 is 80.0. The minimum absolute atomic E-state index is 0.0585. The summed E-state index contributed by atoms with van der Waals surface area (Å²) in [6.07, 6.45) is 0. The molecule has 0 aromatic heterocycles. The van der Waals surface area contributed by atoms with E-state index in [1.807, 2.05) is 0 Å². The Kier molecular flexibility index (Phi) is 5.78. The summed E-state index contributed by atoms with van der Waals surface area (Å²) in [6, 6.07) is 10.4. The lowest BCUT2D eigenvalue weighted by molar-refractivity contribution is 0.442. The SMILES string of the molecule is Cc1c(F)cccc1N(c1cccc(F)c1C)S(=O)(=O)c1cccc(S(N)(=O)=O)c1O. The average Bonchev–Trinajstić information content (AvgIpc) is 2.67. The van der Waals surface area contributed by atoms with Gasteiger partial charge in [0.2, 0.25) is 10.0 Å². The number of nitrogens with two attached hydrogens (primary N) is 1. The lowest BCUT2D eigenvalue weighted by Crippen LogP contribution is -2.28. The zero-order chi connectivity index (χ0) is 23.1. The second-order valence-corrected chi connectivity index (χ2v) is 9.97. The predicted molar refractivity (Wildman–Crippen MR) is 111 cm³/mol. The lowest BCUT2D eigenvalue weighted by atomic mass is 10.1. The number of hydrogen-bond donors (Lipinski definition) is 2. The molecule has 0 spiro atoms. The van der Waals surface area contributed by atoms with Crippen LogP contribution < -0.4 is 9.44 Å². The standard InChI is InChI=1S/C20H18F2N2O5S2/c1-12-14(21)6-3-8-16(12)24(17-9-4-7-15(22)13(17)2)31(28,29)19-11-5-10-18(20(19)25)30(23,26)27/h3-11,25H,1-2H3,(H2,23,26,27). The number of nitrogens with zero attached hydrogens (tertiary/aromatic N) is 1. The van der Waals surface area contributed by atoms with Gasteiger partial charge in [-0.25, -0.2) is 35.1 Å². The number of benzene rings is 3. The fourth-order valence-corrected chi connectivity index (χ4v) is 5.49. The van der Waals surface area contributed by atoms with Gasteiger partial charge in [-0.15, -0.1) is 0 Å². The normalized spacial score (nSPS) is 12.0. The molecule has 164 valence electrons. The van der Waals surface area contributed by atoms with E-state index in [-0.39, 0.29) is 22.5 Å².